The highest BCUT2D eigenvalue weighted by atomic mass is 16.2. The fourth-order valence-electron chi connectivity index (χ4n) is 3.90. The summed E-state index contributed by atoms with van der Waals surface area (Å²) >= 11 is 0. The Morgan fingerprint density at radius 3 is 2.90 bits per heavy atom. The summed E-state index contributed by atoms with van der Waals surface area (Å²) in [5.74, 6) is -0.170. The van der Waals surface area contributed by atoms with Crippen molar-refractivity contribution in [2.24, 2.45) is 0 Å². The van der Waals surface area contributed by atoms with Crippen molar-refractivity contribution in [1.29, 1.82) is 0 Å². The highest BCUT2D eigenvalue weighted by Crippen LogP contribution is 2.24. The number of aromatic nitrogens is 4. The molecule has 0 unspecified atom stereocenters. The van der Waals surface area contributed by atoms with Gasteiger partial charge in [0, 0.05) is 24.2 Å². The predicted octanol–water partition coefficient (Wildman–Crippen LogP) is 2.35. The zero-order valence-corrected chi connectivity index (χ0v) is 15.9. The van der Waals surface area contributed by atoms with Crippen molar-refractivity contribution in [1.82, 2.24) is 24.6 Å². The molecule has 1 fully saturated rings. The Balaban J connectivity index is 1.33. The molecule has 2 aromatic carbocycles. The number of rotatable bonds is 3. The van der Waals surface area contributed by atoms with Crippen LogP contribution in [0.3, 0.4) is 0 Å². The van der Waals surface area contributed by atoms with Crippen LogP contribution in [0.25, 0.3) is 21.9 Å². The van der Waals surface area contributed by atoms with E-state index < -0.39 is 6.04 Å². The molecule has 5 rings (SSSR count). The van der Waals surface area contributed by atoms with Gasteiger partial charge in [0.2, 0.25) is 11.8 Å². The van der Waals surface area contributed by atoms with Crippen LogP contribution >= 0.6 is 0 Å². The first-order valence-electron chi connectivity index (χ1n) is 9.56. The number of para-hydroxylation sites is 2. The Morgan fingerprint density at radius 1 is 1.17 bits per heavy atom. The van der Waals surface area contributed by atoms with Crippen molar-refractivity contribution in [2.45, 2.75) is 13.0 Å². The van der Waals surface area contributed by atoms with Gasteiger partial charge < -0.3 is 14.4 Å². The Hall–Kier alpha value is -3.68. The lowest BCUT2D eigenvalue weighted by Crippen LogP contribution is -2.53. The lowest BCUT2D eigenvalue weighted by molar-refractivity contribution is -0.139. The summed E-state index contributed by atoms with van der Waals surface area (Å²) in [6.45, 7) is 2.86. The van der Waals surface area contributed by atoms with Crippen LogP contribution in [0, 0.1) is 0 Å². The molecule has 8 heteroatoms. The van der Waals surface area contributed by atoms with E-state index >= 15 is 0 Å². The van der Waals surface area contributed by atoms with Gasteiger partial charge in [-0.15, -0.1) is 0 Å². The fraction of sp³-hybridized carbons (Fsp3) is 0.238. The van der Waals surface area contributed by atoms with Gasteiger partial charge in [-0.3, -0.25) is 14.7 Å². The Bertz CT molecular complexity index is 1230. The first-order chi connectivity index (χ1) is 14.1. The summed E-state index contributed by atoms with van der Waals surface area (Å²) < 4.78 is 1.86. The Kier molecular flexibility index (Phi) is 4.04. The Labute approximate surface area is 166 Å². The number of aromatic amines is 1. The molecular weight excluding hydrogens is 368 g/mol. The third kappa shape index (κ3) is 2.93. The van der Waals surface area contributed by atoms with E-state index in [1.54, 1.807) is 22.3 Å². The van der Waals surface area contributed by atoms with Crippen LogP contribution in [0.4, 0.5) is 5.69 Å². The second-order valence-corrected chi connectivity index (χ2v) is 7.26. The molecule has 0 aliphatic carbocycles. The van der Waals surface area contributed by atoms with Gasteiger partial charge in [0.1, 0.15) is 12.6 Å². The van der Waals surface area contributed by atoms with Crippen molar-refractivity contribution in [3.8, 4) is 0 Å². The van der Waals surface area contributed by atoms with Crippen LogP contribution in [0.5, 0.6) is 0 Å². The van der Waals surface area contributed by atoms with E-state index in [2.05, 4.69) is 15.2 Å². The van der Waals surface area contributed by atoms with Gasteiger partial charge >= 0.3 is 0 Å². The topological polar surface area (TPSA) is 87.1 Å². The zero-order chi connectivity index (χ0) is 20.0. The molecule has 0 spiro atoms. The number of fused-ring (bicyclic) bond motifs is 2. The molecular formula is C21H20N6O2. The summed E-state index contributed by atoms with van der Waals surface area (Å²) in [7, 11) is 0. The maximum absolute atomic E-state index is 13.1. The average molecular weight is 388 g/mol. The van der Waals surface area contributed by atoms with E-state index in [1.165, 1.54) is 0 Å². The van der Waals surface area contributed by atoms with Crippen LogP contribution in [-0.4, -0.2) is 56.1 Å². The van der Waals surface area contributed by atoms with E-state index in [4.69, 9.17) is 0 Å². The molecule has 0 bridgehead atoms. The number of piperazine rings is 1. The maximum atomic E-state index is 13.1. The van der Waals surface area contributed by atoms with Crippen molar-refractivity contribution in [3.05, 3.63) is 55.0 Å². The van der Waals surface area contributed by atoms with Gasteiger partial charge in [-0.25, -0.2) is 4.98 Å². The lowest BCUT2D eigenvalue weighted by Gasteiger charge is -2.35. The molecule has 1 saturated heterocycles. The van der Waals surface area contributed by atoms with Crippen molar-refractivity contribution < 1.29 is 9.59 Å². The minimum atomic E-state index is -0.428. The van der Waals surface area contributed by atoms with E-state index in [-0.39, 0.29) is 18.4 Å². The SMILES string of the molecule is C[C@@H](C(=O)N1CCN(c2ccc3cn[nH]c3c2)C(=O)C1)n1cnc2ccccc21. The number of anilines is 1. The number of hydrogen-bond acceptors (Lipinski definition) is 4. The molecule has 146 valence electrons. The molecule has 0 saturated carbocycles. The highest BCUT2D eigenvalue weighted by Gasteiger charge is 2.31. The second kappa shape index (κ2) is 6.73. The van der Waals surface area contributed by atoms with Gasteiger partial charge in [-0.1, -0.05) is 12.1 Å². The normalized spacial score (nSPS) is 16.0. The molecule has 29 heavy (non-hydrogen) atoms. The quantitative estimate of drug-likeness (QED) is 0.584. The minimum Gasteiger partial charge on any atom is -0.330 e. The first kappa shape index (κ1) is 17.4. The predicted molar refractivity (Wildman–Crippen MR) is 109 cm³/mol. The minimum absolute atomic E-state index is 0.0663. The van der Waals surface area contributed by atoms with E-state index in [9.17, 15) is 9.59 Å². The number of benzene rings is 2. The van der Waals surface area contributed by atoms with Crippen LogP contribution in [-0.2, 0) is 9.59 Å². The van der Waals surface area contributed by atoms with E-state index in [1.807, 2.05) is 54.0 Å². The average Bonchev–Trinajstić information content (AvgIpc) is 3.39. The molecule has 8 nitrogen and oxygen atoms in total. The van der Waals surface area contributed by atoms with Gasteiger partial charge in [0.15, 0.2) is 0 Å². The van der Waals surface area contributed by atoms with Gasteiger partial charge in [-0.05, 0) is 37.3 Å². The molecule has 2 aromatic heterocycles. The molecule has 4 aromatic rings. The molecule has 1 aliphatic heterocycles. The number of nitrogens with zero attached hydrogens (tertiary/aromatic N) is 5. The van der Waals surface area contributed by atoms with Crippen LogP contribution in [0.2, 0.25) is 0 Å². The summed E-state index contributed by atoms with van der Waals surface area (Å²) in [6.07, 6.45) is 3.43. The number of amides is 2. The van der Waals surface area contributed by atoms with Gasteiger partial charge in [0.25, 0.3) is 0 Å². The number of nitrogens with one attached hydrogen (secondary N) is 1. The second-order valence-electron chi connectivity index (χ2n) is 7.26. The van der Waals surface area contributed by atoms with E-state index in [0.29, 0.717) is 13.1 Å². The number of carbonyl (C=O) groups is 2. The largest absolute Gasteiger partial charge is 0.330 e. The smallest absolute Gasteiger partial charge is 0.246 e. The molecule has 2 amide bonds. The number of hydrogen-bond donors (Lipinski definition) is 1. The van der Waals surface area contributed by atoms with E-state index in [0.717, 1.165) is 27.6 Å². The molecule has 1 aliphatic rings. The summed E-state index contributed by atoms with van der Waals surface area (Å²) in [5, 5.41) is 7.94. The summed E-state index contributed by atoms with van der Waals surface area (Å²) in [4.78, 5) is 33.6. The summed E-state index contributed by atoms with van der Waals surface area (Å²) in [5.41, 5.74) is 3.45. The zero-order valence-electron chi connectivity index (χ0n) is 15.9. The van der Waals surface area contributed by atoms with Crippen molar-refractivity contribution in [2.75, 3.05) is 24.5 Å². The molecule has 0 radical (unpaired) electrons. The number of imidazole rings is 1. The van der Waals surface area contributed by atoms with Crippen molar-refractivity contribution >= 4 is 39.4 Å². The number of carbonyl (C=O) groups excluding carboxylic acids is 2. The van der Waals surface area contributed by atoms with Crippen LogP contribution in [0.1, 0.15) is 13.0 Å². The fourth-order valence-corrected chi connectivity index (χ4v) is 3.90. The standard InChI is InChI=1S/C21H20N6O2/c1-14(27-13-22-17-4-2-3-5-19(17)27)21(29)25-8-9-26(20(28)12-25)16-7-6-15-11-23-24-18(15)10-16/h2-7,10-11,13-14H,8-9,12H2,1H3,(H,23,24)/t14-/m0/s1. The third-order valence-corrected chi connectivity index (χ3v) is 5.53. The van der Waals surface area contributed by atoms with Gasteiger partial charge in [0.05, 0.1) is 29.1 Å². The van der Waals surface area contributed by atoms with Crippen LogP contribution in [0.15, 0.2) is 55.0 Å². The first-order valence-corrected chi connectivity index (χ1v) is 9.56. The lowest BCUT2D eigenvalue weighted by atomic mass is 10.2. The third-order valence-electron chi connectivity index (χ3n) is 5.53. The molecule has 1 atom stereocenters. The monoisotopic (exact) mass is 388 g/mol. The summed E-state index contributed by atoms with van der Waals surface area (Å²) in [6, 6.07) is 13.0. The van der Waals surface area contributed by atoms with Gasteiger partial charge in [-0.2, -0.15) is 5.10 Å². The Morgan fingerprint density at radius 2 is 2.03 bits per heavy atom. The van der Waals surface area contributed by atoms with Crippen molar-refractivity contribution in [3.63, 3.8) is 0 Å². The van der Waals surface area contributed by atoms with Crippen LogP contribution < -0.4 is 4.90 Å². The number of H-pyrrole nitrogens is 1. The molecule has 3 heterocycles. The maximum Gasteiger partial charge on any atom is 0.246 e. The molecule has 1 N–H and O–H groups in total. The highest BCUT2D eigenvalue weighted by molar-refractivity contribution is 5.99.